The molecule has 0 bridgehead atoms. The Labute approximate surface area is 170 Å². The molecule has 0 spiro atoms. The largest absolute Gasteiger partial charge is 0.503 e. The van der Waals surface area contributed by atoms with E-state index in [-0.39, 0.29) is 5.57 Å². The average Bonchev–Trinajstić information content (AvgIpc) is 2.74. The molecule has 2 aromatic rings. The molecule has 0 atom stereocenters. The SMILES string of the molecule is CO/C=C(/C(=O)O)c1ccccc1/C=C/C=C/c1cc(OC)c(OC)c(OC)c1. The van der Waals surface area contributed by atoms with Gasteiger partial charge in [-0.2, -0.15) is 0 Å². The van der Waals surface area contributed by atoms with Crippen molar-refractivity contribution in [1.29, 1.82) is 0 Å². The van der Waals surface area contributed by atoms with Gasteiger partial charge in [-0.15, -0.1) is 0 Å². The molecule has 0 radical (unpaired) electrons. The van der Waals surface area contributed by atoms with Gasteiger partial charge in [-0.25, -0.2) is 4.79 Å². The van der Waals surface area contributed by atoms with Crippen molar-refractivity contribution in [1.82, 2.24) is 0 Å². The molecule has 0 fully saturated rings. The molecule has 0 saturated heterocycles. The summed E-state index contributed by atoms with van der Waals surface area (Å²) in [5, 5.41) is 9.42. The summed E-state index contributed by atoms with van der Waals surface area (Å²) < 4.78 is 20.9. The number of hydrogen-bond donors (Lipinski definition) is 1. The smallest absolute Gasteiger partial charge is 0.339 e. The van der Waals surface area contributed by atoms with Crippen molar-refractivity contribution in [2.45, 2.75) is 0 Å². The molecule has 6 nitrogen and oxygen atoms in total. The first-order chi connectivity index (χ1) is 14.0. The van der Waals surface area contributed by atoms with Crippen molar-refractivity contribution in [3.05, 3.63) is 71.5 Å². The molecule has 0 aliphatic carbocycles. The van der Waals surface area contributed by atoms with E-state index in [1.54, 1.807) is 33.5 Å². The molecule has 2 aromatic carbocycles. The van der Waals surface area contributed by atoms with E-state index in [2.05, 4.69) is 0 Å². The Hall–Kier alpha value is -3.67. The number of hydrogen-bond acceptors (Lipinski definition) is 5. The molecular formula is C23H24O6. The maximum absolute atomic E-state index is 11.5. The van der Waals surface area contributed by atoms with Crippen LogP contribution in [0.1, 0.15) is 16.7 Å². The summed E-state index contributed by atoms with van der Waals surface area (Å²) in [5.41, 5.74) is 2.27. The number of carbonyl (C=O) groups is 1. The van der Waals surface area contributed by atoms with Crippen LogP contribution in [0.3, 0.4) is 0 Å². The highest BCUT2D eigenvalue weighted by Gasteiger charge is 2.14. The van der Waals surface area contributed by atoms with Crippen LogP contribution >= 0.6 is 0 Å². The van der Waals surface area contributed by atoms with Crippen molar-refractivity contribution in [2.75, 3.05) is 28.4 Å². The predicted molar refractivity (Wildman–Crippen MR) is 113 cm³/mol. The molecule has 0 amide bonds. The number of allylic oxidation sites excluding steroid dienone is 2. The van der Waals surface area contributed by atoms with Crippen LogP contribution < -0.4 is 14.2 Å². The van der Waals surface area contributed by atoms with Crippen LogP contribution in [-0.4, -0.2) is 39.5 Å². The van der Waals surface area contributed by atoms with Gasteiger partial charge < -0.3 is 24.1 Å². The third kappa shape index (κ3) is 5.42. The summed E-state index contributed by atoms with van der Waals surface area (Å²) in [6.45, 7) is 0. The number of rotatable bonds is 9. The summed E-state index contributed by atoms with van der Waals surface area (Å²) in [4.78, 5) is 11.5. The standard InChI is InChI=1S/C23H24O6/c1-26-15-19(23(24)25)18-12-8-7-11-17(18)10-6-5-9-16-13-20(27-2)22(29-4)21(14-16)28-3/h5-15H,1-4H3,(H,24,25)/b9-5+,10-6+,19-15+. The summed E-state index contributed by atoms with van der Waals surface area (Å²) in [6.07, 6.45) is 8.61. The van der Waals surface area contributed by atoms with Crippen LogP contribution in [0.25, 0.3) is 17.7 Å². The predicted octanol–water partition coefficient (Wildman–Crippen LogP) is 4.51. The van der Waals surface area contributed by atoms with Crippen LogP contribution in [-0.2, 0) is 9.53 Å². The van der Waals surface area contributed by atoms with Gasteiger partial charge in [0.25, 0.3) is 0 Å². The van der Waals surface area contributed by atoms with E-state index in [1.807, 2.05) is 48.6 Å². The Morgan fingerprint density at radius 2 is 1.52 bits per heavy atom. The Bertz CT molecular complexity index is 915. The Balaban J connectivity index is 2.30. The molecule has 6 heteroatoms. The van der Waals surface area contributed by atoms with E-state index in [0.29, 0.717) is 22.8 Å². The third-order valence-electron chi connectivity index (χ3n) is 4.08. The second-order valence-corrected chi connectivity index (χ2v) is 5.84. The van der Waals surface area contributed by atoms with Gasteiger partial charge in [-0.3, -0.25) is 0 Å². The highest BCUT2D eigenvalue weighted by Crippen LogP contribution is 2.38. The van der Waals surface area contributed by atoms with Crippen molar-refractivity contribution >= 4 is 23.7 Å². The second kappa shape index (κ2) is 10.6. The van der Waals surface area contributed by atoms with Gasteiger partial charge >= 0.3 is 5.97 Å². The first kappa shape index (κ1) is 21.6. The molecule has 1 N–H and O–H groups in total. The van der Waals surface area contributed by atoms with Gasteiger partial charge in [0, 0.05) is 0 Å². The molecule has 2 rings (SSSR count). The lowest BCUT2D eigenvalue weighted by Gasteiger charge is -2.12. The number of carboxylic acid groups (broad SMARTS) is 1. The van der Waals surface area contributed by atoms with E-state index >= 15 is 0 Å². The third-order valence-corrected chi connectivity index (χ3v) is 4.08. The van der Waals surface area contributed by atoms with E-state index in [1.165, 1.54) is 13.4 Å². The summed E-state index contributed by atoms with van der Waals surface area (Å²) >= 11 is 0. The first-order valence-electron chi connectivity index (χ1n) is 8.76. The Morgan fingerprint density at radius 3 is 2.07 bits per heavy atom. The fraction of sp³-hybridized carbons (Fsp3) is 0.174. The fourth-order valence-electron chi connectivity index (χ4n) is 2.76. The monoisotopic (exact) mass is 396 g/mol. The molecular weight excluding hydrogens is 372 g/mol. The Morgan fingerprint density at radius 1 is 0.897 bits per heavy atom. The molecule has 0 unspecified atom stereocenters. The maximum Gasteiger partial charge on any atom is 0.339 e. The van der Waals surface area contributed by atoms with Gasteiger partial charge in [0.15, 0.2) is 11.5 Å². The highest BCUT2D eigenvalue weighted by molar-refractivity contribution is 6.16. The van der Waals surface area contributed by atoms with Crippen LogP contribution in [0.4, 0.5) is 0 Å². The first-order valence-corrected chi connectivity index (χ1v) is 8.76. The summed E-state index contributed by atoms with van der Waals surface area (Å²) in [6, 6.07) is 10.9. The zero-order valence-electron chi connectivity index (χ0n) is 16.8. The molecule has 0 heterocycles. The lowest BCUT2D eigenvalue weighted by Crippen LogP contribution is -2.02. The van der Waals surface area contributed by atoms with Crippen LogP contribution in [0.2, 0.25) is 0 Å². The van der Waals surface area contributed by atoms with E-state index < -0.39 is 5.97 Å². The van der Waals surface area contributed by atoms with Crippen LogP contribution in [0.15, 0.2) is 54.8 Å². The lowest BCUT2D eigenvalue weighted by molar-refractivity contribution is -0.130. The second-order valence-electron chi connectivity index (χ2n) is 5.84. The van der Waals surface area contributed by atoms with Crippen LogP contribution in [0.5, 0.6) is 17.2 Å². The van der Waals surface area contributed by atoms with Gasteiger partial charge in [0.2, 0.25) is 5.75 Å². The van der Waals surface area contributed by atoms with Gasteiger partial charge in [-0.1, -0.05) is 48.6 Å². The highest BCUT2D eigenvalue weighted by atomic mass is 16.5. The van der Waals surface area contributed by atoms with Crippen molar-refractivity contribution in [3.63, 3.8) is 0 Å². The molecule has 0 aliphatic rings. The van der Waals surface area contributed by atoms with E-state index in [0.717, 1.165) is 11.1 Å². The van der Waals surface area contributed by atoms with Gasteiger partial charge in [0.1, 0.15) is 5.57 Å². The number of carboxylic acids is 1. The van der Waals surface area contributed by atoms with E-state index in [9.17, 15) is 9.90 Å². The van der Waals surface area contributed by atoms with Crippen molar-refractivity contribution < 1.29 is 28.8 Å². The number of aliphatic carboxylic acids is 1. The van der Waals surface area contributed by atoms with Gasteiger partial charge in [0.05, 0.1) is 34.7 Å². The zero-order chi connectivity index (χ0) is 21.2. The average molecular weight is 396 g/mol. The normalized spacial score (nSPS) is 11.7. The summed E-state index contributed by atoms with van der Waals surface area (Å²) in [5.74, 6) is 0.608. The molecule has 29 heavy (non-hydrogen) atoms. The molecule has 0 aliphatic heterocycles. The zero-order valence-corrected chi connectivity index (χ0v) is 16.8. The van der Waals surface area contributed by atoms with Gasteiger partial charge in [-0.05, 0) is 28.8 Å². The van der Waals surface area contributed by atoms with Crippen molar-refractivity contribution in [2.24, 2.45) is 0 Å². The van der Waals surface area contributed by atoms with E-state index in [4.69, 9.17) is 18.9 Å². The van der Waals surface area contributed by atoms with Crippen molar-refractivity contribution in [3.8, 4) is 17.2 Å². The quantitative estimate of drug-likeness (QED) is 0.382. The number of benzene rings is 2. The summed E-state index contributed by atoms with van der Waals surface area (Å²) in [7, 11) is 6.10. The maximum atomic E-state index is 11.5. The minimum Gasteiger partial charge on any atom is -0.503 e. The number of methoxy groups -OCH3 is 4. The lowest BCUT2D eigenvalue weighted by atomic mass is 10.00. The minimum atomic E-state index is -1.05. The molecule has 0 saturated carbocycles. The molecule has 152 valence electrons. The topological polar surface area (TPSA) is 74.2 Å². The Kier molecular flexibility index (Phi) is 7.91. The fourth-order valence-corrected chi connectivity index (χ4v) is 2.76. The van der Waals surface area contributed by atoms with Crippen LogP contribution in [0, 0.1) is 0 Å². The molecule has 0 aromatic heterocycles. The minimum absolute atomic E-state index is 0.0846. The number of ether oxygens (including phenoxy) is 4.